The molecule has 1 aromatic rings. The van der Waals surface area contributed by atoms with Gasteiger partial charge < -0.3 is 10.2 Å². The summed E-state index contributed by atoms with van der Waals surface area (Å²) in [5.41, 5.74) is 2.09. The van der Waals surface area contributed by atoms with Crippen LogP contribution < -0.4 is 10.2 Å². The van der Waals surface area contributed by atoms with E-state index in [1.165, 1.54) is 0 Å². The average Bonchev–Trinajstić information content (AvgIpc) is 2.56. The predicted molar refractivity (Wildman–Crippen MR) is 84.2 cm³/mol. The van der Waals surface area contributed by atoms with Crippen LogP contribution in [0, 0.1) is 5.41 Å². The second-order valence-corrected chi connectivity index (χ2v) is 7.27. The highest BCUT2D eigenvalue weighted by molar-refractivity contribution is 6.07. The zero-order chi connectivity index (χ0) is 16.0. The van der Waals surface area contributed by atoms with Crippen molar-refractivity contribution in [3.05, 3.63) is 29.3 Å². The molecule has 0 aliphatic carbocycles. The molecular weight excluding hydrogens is 264 g/mol. The first-order valence-electron chi connectivity index (χ1n) is 7.25. The van der Waals surface area contributed by atoms with Crippen molar-refractivity contribution in [1.29, 1.82) is 0 Å². The number of fused-ring (bicyclic) bond motifs is 1. The van der Waals surface area contributed by atoms with E-state index in [9.17, 15) is 9.59 Å². The number of hydrogen-bond donors (Lipinski definition) is 1. The third kappa shape index (κ3) is 2.67. The summed E-state index contributed by atoms with van der Waals surface area (Å²) in [6.45, 7) is 10.0. The molecule has 0 unspecified atom stereocenters. The first-order chi connectivity index (χ1) is 9.55. The lowest BCUT2D eigenvalue weighted by atomic mass is 9.85. The SMILES string of the molecule is CN1C(=O)C(C)(C)c2cc(CNC(=O)C(C)(C)C)ccc21. The van der Waals surface area contributed by atoms with E-state index in [0.717, 1.165) is 16.8 Å². The van der Waals surface area contributed by atoms with Gasteiger partial charge in [-0.05, 0) is 31.0 Å². The van der Waals surface area contributed by atoms with Crippen LogP contribution in [0.3, 0.4) is 0 Å². The highest BCUT2D eigenvalue weighted by Crippen LogP contribution is 2.41. The van der Waals surface area contributed by atoms with Crippen LogP contribution in [0.25, 0.3) is 0 Å². The summed E-state index contributed by atoms with van der Waals surface area (Å²) in [6, 6.07) is 5.95. The van der Waals surface area contributed by atoms with E-state index in [4.69, 9.17) is 0 Å². The van der Waals surface area contributed by atoms with E-state index in [0.29, 0.717) is 6.54 Å². The third-order valence-corrected chi connectivity index (χ3v) is 4.07. The Hall–Kier alpha value is -1.84. The molecule has 0 spiro atoms. The molecule has 0 saturated carbocycles. The second-order valence-electron chi connectivity index (χ2n) is 7.27. The number of benzene rings is 1. The molecule has 0 fully saturated rings. The van der Waals surface area contributed by atoms with E-state index in [1.807, 2.05) is 52.8 Å². The molecule has 0 bridgehead atoms. The van der Waals surface area contributed by atoms with Crippen molar-refractivity contribution in [3.63, 3.8) is 0 Å². The van der Waals surface area contributed by atoms with Crippen LogP contribution in [0.5, 0.6) is 0 Å². The largest absolute Gasteiger partial charge is 0.352 e. The van der Waals surface area contributed by atoms with Crippen molar-refractivity contribution in [2.24, 2.45) is 5.41 Å². The van der Waals surface area contributed by atoms with E-state index < -0.39 is 10.8 Å². The number of carbonyl (C=O) groups excluding carboxylic acids is 2. The van der Waals surface area contributed by atoms with Crippen LogP contribution in [-0.2, 0) is 21.5 Å². The predicted octanol–water partition coefficient (Wildman–Crippen LogP) is 2.60. The molecule has 1 aliphatic heterocycles. The Bertz CT molecular complexity index is 597. The Labute approximate surface area is 126 Å². The van der Waals surface area contributed by atoms with Crippen molar-refractivity contribution in [3.8, 4) is 0 Å². The van der Waals surface area contributed by atoms with Gasteiger partial charge in [0.1, 0.15) is 0 Å². The highest BCUT2D eigenvalue weighted by atomic mass is 16.2. The molecule has 114 valence electrons. The summed E-state index contributed by atoms with van der Waals surface area (Å²) in [4.78, 5) is 25.9. The van der Waals surface area contributed by atoms with Crippen LogP contribution >= 0.6 is 0 Å². The summed E-state index contributed by atoms with van der Waals surface area (Å²) in [5, 5.41) is 2.94. The molecule has 4 heteroatoms. The highest BCUT2D eigenvalue weighted by Gasteiger charge is 2.42. The summed E-state index contributed by atoms with van der Waals surface area (Å²) in [6.07, 6.45) is 0. The van der Waals surface area contributed by atoms with Crippen LogP contribution in [0.15, 0.2) is 18.2 Å². The number of nitrogens with zero attached hydrogens (tertiary/aromatic N) is 1. The number of carbonyl (C=O) groups is 2. The van der Waals surface area contributed by atoms with Gasteiger partial charge >= 0.3 is 0 Å². The van der Waals surface area contributed by atoms with Gasteiger partial charge in [-0.25, -0.2) is 0 Å². The molecule has 0 aromatic heterocycles. The molecular formula is C17H24N2O2. The van der Waals surface area contributed by atoms with E-state index in [2.05, 4.69) is 5.32 Å². The summed E-state index contributed by atoms with van der Waals surface area (Å²) < 4.78 is 0. The van der Waals surface area contributed by atoms with E-state index in [-0.39, 0.29) is 11.8 Å². The van der Waals surface area contributed by atoms with Crippen molar-refractivity contribution in [2.75, 3.05) is 11.9 Å². The Balaban J connectivity index is 2.22. The first-order valence-corrected chi connectivity index (χ1v) is 7.25. The molecule has 2 rings (SSSR count). The van der Waals surface area contributed by atoms with Crippen molar-refractivity contribution in [1.82, 2.24) is 5.32 Å². The normalized spacial score (nSPS) is 16.9. The fraction of sp³-hybridized carbons (Fsp3) is 0.529. The minimum absolute atomic E-state index is 0.0236. The lowest BCUT2D eigenvalue weighted by Gasteiger charge is -2.19. The van der Waals surface area contributed by atoms with Gasteiger partial charge in [0.25, 0.3) is 0 Å². The van der Waals surface area contributed by atoms with Crippen LogP contribution in [0.2, 0.25) is 0 Å². The van der Waals surface area contributed by atoms with Crippen molar-refractivity contribution >= 4 is 17.5 Å². The zero-order valence-electron chi connectivity index (χ0n) is 13.7. The number of likely N-dealkylation sites (N-methyl/N-ethyl adjacent to an activating group) is 1. The van der Waals surface area contributed by atoms with Crippen molar-refractivity contribution in [2.45, 2.75) is 46.6 Å². The van der Waals surface area contributed by atoms with Crippen LogP contribution in [-0.4, -0.2) is 18.9 Å². The second kappa shape index (κ2) is 4.86. The maximum atomic E-state index is 12.2. The Kier molecular flexibility index (Phi) is 3.60. The van der Waals surface area contributed by atoms with Crippen LogP contribution in [0.4, 0.5) is 5.69 Å². The fourth-order valence-electron chi connectivity index (χ4n) is 2.58. The number of anilines is 1. The molecule has 1 heterocycles. The van der Waals surface area contributed by atoms with Gasteiger partial charge in [-0.2, -0.15) is 0 Å². The molecule has 0 atom stereocenters. The van der Waals surface area contributed by atoms with Gasteiger partial charge in [-0.3, -0.25) is 9.59 Å². The van der Waals surface area contributed by atoms with Gasteiger partial charge in [0.2, 0.25) is 11.8 Å². The Morgan fingerprint density at radius 1 is 1.29 bits per heavy atom. The van der Waals surface area contributed by atoms with Gasteiger partial charge in [0, 0.05) is 24.7 Å². The number of amides is 2. The third-order valence-electron chi connectivity index (χ3n) is 4.07. The standard InChI is InChI=1S/C17H24N2O2/c1-16(2,3)14(20)18-10-11-7-8-13-12(9-11)17(4,5)15(21)19(13)6/h7-9H,10H2,1-6H3,(H,18,20). The number of nitrogens with one attached hydrogen (secondary N) is 1. The smallest absolute Gasteiger partial charge is 0.236 e. The summed E-state index contributed by atoms with van der Waals surface area (Å²) in [7, 11) is 1.80. The molecule has 0 saturated heterocycles. The molecule has 21 heavy (non-hydrogen) atoms. The molecule has 1 N–H and O–H groups in total. The van der Waals surface area contributed by atoms with E-state index in [1.54, 1.807) is 11.9 Å². The minimum Gasteiger partial charge on any atom is -0.352 e. The van der Waals surface area contributed by atoms with Gasteiger partial charge in [0.05, 0.1) is 5.41 Å². The van der Waals surface area contributed by atoms with E-state index >= 15 is 0 Å². The minimum atomic E-state index is -0.506. The molecule has 0 radical (unpaired) electrons. The lowest BCUT2D eigenvalue weighted by molar-refractivity contribution is -0.128. The number of rotatable bonds is 2. The molecule has 4 nitrogen and oxygen atoms in total. The zero-order valence-corrected chi connectivity index (χ0v) is 13.7. The average molecular weight is 288 g/mol. The molecule has 2 amide bonds. The summed E-state index contributed by atoms with van der Waals surface area (Å²) >= 11 is 0. The first kappa shape index (κ1) is 15.5. The van der Waals surface area contributed by atoms with Gasteiger partial charge in [-0.1, -0.05) is 32.9 Å². The lowest BCUT2D eigenvalue weighted by Crippen LogP contribution is -2.34. The maximum absolute atomic E-state index is 12.2. The Morgan fingerprint density at radius 3 is 2.48 bits per heavy atom. The summed E-state index contributed by atoms with van der Waals surface area (Å²) in [5.74, 6) is 0.129. The monoisotopic (exact) mass is 288 g/mol. The van der Waals surface area contributed by atoms with Crippen LogP contribution in [0.1, 0.15) is 45.7 Å². The fourth-order valence-corrected chi connectivity index (χ4v) is 2.58. The van der Waals surface area contributed by atoms with Gasteiger partial charge in [0.15, 0.2) is 0 Å². The molecule has 1 aliphatic rings. The van der Waals surface area contributed by atoms with Gasteiger partial charge in [-0.15, -0.1) is 0 Å². The maximum Gasteiger partial charge on any atom is 0.236 e. The Morgan fingerprint density at radius 2 is 1.90 bits per heavy atom. The topological polar surface area (TPSA) is 49.4 Å². The quantitative estimate of drug-likeness (QED) is 0.909. The number of hydrogen-bond acceptors (Lipinski definition) is 2. The van der Waals surface area contributed by atoms with Crippen molar-refractivity contribution < 1.29 is 9.59 Å². The molecule has 1 aromatic carbocycles.